The van der Waals surface area contributed by atoms with Crippen LogP contribution in [0.25, 0.3) is 11.1 Å². The lowest BCUT2D eigenvalue weighted by Gasteiger charge is -2.09. The zero-order valence-electron chi connectivity index (χ0n) is 13.1. The highest BCUT2D eigenvalue weighted by Gasteiger charge is 2.13. The molecule has 0 aliphatic carbocycles. The van der Waals surface area contributed by atoms with E-state index in [9.17, 15) is 4.79 Å². The van der Waals surface area contributed by atoms with Gasteiger partial charge in [-0.1, -0.05) is 62.9 Å². The third kappa shape index (κ3) is 4.69. The Kier molecular flexibility index (Phi) is 6.62. The number of rotatable bonds is 8. The highest BCUT2D eigenvalue weighted by atomic mass is 16.5. The molecule has 3 nitrogen and oxygen atoms in total. The summed E-state index contributed by atoms with van der Waals surface area (Å²) in [6.45, 7) is 2.67. The molecule has 1 heterocycles. The Balaban J connectivity index is 1.96. The van der Waals surface area contributed by atoms with E-state index in [1.807, 2.05) is 36.4 Å². The number of hydrogen-bond donors (Lipinski definition) is 0. The van der Waals surface area contributed by atoms with E-state index in [4.69, 9.17) is 4.74 Å². The van der Waals surface area contributed by atoms with Gasteiger partial charge in [-0.25, -0.2) is 4.79 Å². The van der Waals surface area contributed by atoms with Crippen LogP contribution in [0.1, 0.15) is 49.4 Å². The van der Waals surface area contributed by atoms with E-state index in [1.165, 1.54) is 19.3 Å². The van der Waals surface area contributed by atoms with Gasteiger partial charge in [0.25, 0.3) is 0 Å². The molecule has 0 N–H and O–H groups in total. The molecule has 0 saturated heterocycles. The molecule has 2 rings (SSSR count). The second kappa shape index (κ2) is 8.98. The van der Waals surface area contributed by atoms with Crippen LogP contribution < -0.4 is 0 Å². The SMILES string of the molecule is CCCCCCCOC(=O)c1cnccc1-c1ccccc1. The lowest BCUT2D eigenvalue weighted by Crippen LogP contribution is -2.08. The van der Waals surface area contributed by atoms with Crippen molar-refractivity contribution in [2.24, 2.45) is 0 Å². The Labute approximate surface area is 132 Å². The lowest BCUT2D eigenvalue weighted by molar-refractivity contribution is 0.0498. The summed E-state index contributed by atoms with van der Waals surface area (Å²) in [7, 11) is 0. The van der Waals surface area contributed by atoms with Gasteiger partial charge in [-0.2, -0.15) is 0 Å². The van der Waals surface area contributed by atoms with Crippen LogP contribution in [0, 0.1) is 0 Å². The van der Waals surface area contributed by atoms with Crippen molar-refractivity contribution in [1.82, 2.24) is 4.98 Å². The van der Waals surface area contributed by atoms with Crippen LogP contribution in [0.5, 0.6) is 0 Å². The standard InChI is InChI=1S/C19H23NO2/c1-2-3-4-5-9-14-22-19(21)18-15-20-13-12-17(18)16-10-7-6-8-11-16/h6-8,10-13,15H,2-5,9,14H2,1H3. The second-order valence-corrected chi connectivity index (χ2v) is 5.34. The fourth-order valence-electron chi connectivity index (χ4n) is 2.37. The molecule has 0 saturated carbocycles. The summed E-state index contributed by atoms with van der Waals surface area (Å²) in [5.74, 6) is -0.289. The van der Waals surface area contributed by atoms with Crippen LogP contribution in [-0.4, -0.2) is 17.6 Å². The Morgan fingerprint density at radius 3 is 2.59 bits per heavy atom. The van der Waals surface area contributed by atoms with E-state index < -0.39 is 0 Å². The Hall–Kier alpha value is -2.16. The minimum atomic E-state index is -0.289. The third-order valence-corrected chi connectivity index (χ3v) is 3.61. The van der Waals surface area contributed by atoms with E-state index in [0.717, 1.165) is 24.0 Å². The maximum atomic E-state index is 12.3. The molecule has 0 fully saturated rings. The largest absolute Gasteiger partial charge is 0.462 e. The van der Waals surface area contributed by atoms with Crippen molar-refractivity contribution >= 4 is 5.97 Å². The smallest absolute Gasteiger partial charge is 0.340 e. The summed E-state index contributed by atoms with van der Waals surface area (Å²) in [6, 6.07) is 11.7. The molecule has 0 atom stereocenters. The van der Waals surface area contributed by atoms with Crippen LogP contribution in [0.2, 0.25) is 0 Å². The minimum absolute atomic E-state index is 0.289. The first-order valence-electron chi connectivity index (χ1n) is 7.99. The van der Waals surface area contributed by atoms with Crippen molar-refractivity contribution in [1.29, 1.82) is 0 Å². The van der Waals surface area contributed by atoms with Crippen LogP contribution in [-0.2, 0) is 4.74 Å². The average Bonchev–Trinajstić information content (AvgIpc) is 2.58. The van der Waals surface area contributed by atoms with Gasteiger partial charge in [-0.05, 0) is 23.6 Å². The minimum Gasteiger partial charge on any atom is -0.462 e. The maximum absolute atomic E-state index is 12.3. The predicted molar refractivity (Wildman–Crippen MR) is 88.7 cm³/mol. The van der Waals surface area contributed by atoms with Gasteiger partial charge in [-0.15, -0.1) is 0 Å². The zero-order valence-corrected chi connectivity index (χ0v) is 13.1. The van der Waals surface area contributed by atoms with Gasteiger partial charge in [0.2, 0.25) is 0 Å². The molecular formula is C19H23NO2. The van der Waals surface area contributed by atoms with Crippen LogP contribution in [0.3, 0.4) is 0 Å². The van der Waals surface area contributed by atoms with Gasteiger partial charge in [0.05, 0.1) is 12.2 Å². The number of nitrogens with zero attached hydrogens (tertiary/aromatic N) is 1. The molecule has 22 heavy (non-hydrogen) atoms. The number of unbranched alkanes of at least 4 members (excludes halogenated alkanes) is 4. The van der Waals surface area contributed by atoms with Crippen molar-refractivity contribution in [3.63, 3.8) is 0 Å². The fourth-order valence-corrected chi connectivity index (χ4v) is 2.37. The van der Waals surface area contributed by atoms with Gasteiger partial charge >= 0.3 is 5.97 Å². The normalized spacial score (nSPS) is 10.4. The molecular weight excluding hydrogens is 274 g/mol. The van der Waals surface area contributed by atoms with E-state index >= 15 is 0 Å². The molecule has 0 amide bonds. The summed E-state index contributed by atoms with van der Waals surface area (Å²) in [5.41, 5.74) is 2.40. The van der Waals surface area contributed by atoms with Crippen LogP contribution >= 0.6 is 0 Å². The number of pyridine rings is 1. The molecule has 0 aliphatic heterocycles. The van der Waals surface area contributed by atoms with Gasteiger partial charge in [0, 0.05) is 12.4 Å². The number of esters is 1. The fraction of sp³-hybridized carbons (Fsp3) is 0.368. The summed E-state index contributed by atoms with van der Waals surface area (Å²) < 4.78 is 5.39. The second-order valence-electron chi connectivity index (χ2n) is 5.34. The van der Waals surface area contributed by atoms with Crippen molar-refractivity contribution in [3.8, 4) is 11.1 Å². The molecule has 0 radical (unpaired) electrons. The van der Waals surface area contributed by atoms with E-state index in [-0.39, 0.29) is 5.97 Å². The number of benzene rings is 1. The molecule has 0 aliphatic rings. The van der Waals surface area contributed by atoms with Gasteiger partial charge in [0.1, 0.15) is 0 Å². The molecule has 1 aromatic heterocycles. The van der Waals surface area contributed by atoms with Crippen LogP contribution in [0.15, 0.2) is 48.8 Å². The topological polar surface area (TPSA) is 39.2 Å². The molecule has 116 valence electrons. The molecule has 3 heteroatoms. The molecule has 0 spiro atoms. The predicted octanol–water partition coefficient (Wildman–Crippen LogP) is 4.88. The molecule has 0 bridgehead atoms. The van der Waals surface area contributed by atoms with Crippen molar-refractivity contribution in [2.45, 2.75) is 39.0 Å². The summed E-state index contributed by atoms with van der Waals surface area (Å²) >= 11 is 0. The number of carbonyl (C=O) groups excluding carboxylic acids is 1. The quantitative estimate of drug-likeness (QED) is 0.515. The average molecular weight is 297 g/mol. The van der Waals surface area contributed by atoms with Crippen LogP contribution in [0.4, 0.5) is 0 Å². The maximum Gasteiger partial charge on any atom is 0.340 e. The lowest BCUT2D eigenvalue weighted by atomic mass is 10.0. The number of aromatic nitrogens is 1. The first-order valence-corrected chi connectivity index (χ1v) is 7.99. The van der Waals surface area contributed by atoms with Gasteiger partial charge < -0.3 is 4.74 Å². The number of carbonyl (C=O) groups is 1. The molecule has 1 aromatic carbocycles. The van der Waals surface area contributed by atoms with Crippen molar-refractivity contribution in [2.75, 3.05) is 6.61 Å². The van der Waals surface area contributed by atoms with E-state index in [1.54, 1.807) is 12.4 Å². The summed E-state index contributed by atoms with van der Waals surface area (Å²) in [6.07, 6.45) is 8.98. The van der Waals surface area contributed by atoms with Crippen molar-refractivity contribution < 1.29 is 9.53 Å². The summed E-state index contributed by atoms with van der Waals surface area (Å²) in [5, 5.41) is 0. The molecule has 0 unspecified atom stereocenters. The highest BCUT2D eigenvalue weighted by molar-refractivity contribution is 5.96. The number of hydrogen-bond acceptors (Lipinski definition) is 3. The van der Waals surface area contributed by atoms with Gasteiger partial charge in [0.15, 0.2) is 0 Å². The third-order valence-electron chi connectivity index (χ3n) is 3.61. The van der Waals surface area contributed by atoms with Gasteiger partial charge in [-0.3, -0.25) is 4.98 Å². The Morgan fingerprint density at radius 2 is 1.82 bits per heavy atom. The summed E-state index contributed by atoms with van der Waals surface area (Å²) in [4.78, 5) is 16.3. The first kappa shape index (κ1) is 16.2. The molecule has 2 aromatic rings. The zero-order chi connectivity index (χ0) is 15.6. The Bertz CT molecular complexity index is 581. The Morgan fingerprint density at radius 1 is 1.05 bits per heavy atom. The van der Waals surface area contributed by atoms with E-state index in [0.29, 0.717) is 12.2 Å². The van der Waals surface area contributed by atoms with Crippen molar-refractivity contribution in [3.05, 3.63) is 54.4 Å². The number of ether oxygens (including phenoxy) is 1. The first-order chi connectivity index (χ1) is 10.8. The van der Waals surface area contributed by atoms with E-state index in [2.05, 4.69) is 11.9 Å². The monoisotopic (exact) mass is 297 g/mol. The highest BCUT2D eigenvalue weighted by Crippen LogP contribution is 2.23.